The molecule has 0 saturated heterocycles. The van der Waals surface area contributed by atoms with E-state index in [1.54, 1.807) is 6.92 Å². The fourth-order valence-corrected chi connectivity index (χ4v) is 2.81. The lowest BCUT2D eigenvalue weighted by Gasteiger charge is -2.23. The van der Waals surface area contributed by atoms with Crippen LogP contribution in [-0.2, 0) is 5.97 Å². The van der Waals surface area contributed by atoms with Gasteiger partial charge >= 0.3 is 5.97 Å². The first kappa shape index (κ1) is 24.0. The number of aryl methyl sites for hydroxylation is 3. The molecule has 0 fully saturated rings. The molecule has 0 amide bonds. The number of aliphatic hydroxyl groups is 2. The number of halogens is 3. The summed E-state index contributed by atoms with van der Waals surface area (Å²) >= 11 is 0. The molecule has 0 spiro atoms. The summed E-state index contributed by atoms with van der Waals surface area (Å²) in [4.78, 5) is 19.8. The molecule has 0 aliphatic carbocycles. The van der Waals surface area contributed by atoms with Crippen molar-refractivity contribution in [2.24, 2.45) is 0 Å². The molecule has 0 aromatic carbocycles. The van der Waals surface area contributed by atoms with Crippen LogP contribution >= 0.6 is 0 Å². The maximum absolute atomic E-state index is 14.6. The van der Waals surface area contributed by atoms with E-state index in [2.05, 4.69) is 9.97 Å². The normalized spacial score (nSPS) is 11.0. The van der Waals surface area contributed by atoms with E-state index >= 15 is 0 Å². The average Bonchev–Trinajstić information content (AvgIpc) is 2.68. The van der Waals surface area contributed by atoms with Gasteiger partial charge in [-0.1, -0.05) is 13.8 Å². The number of rotatable bonds is 4. The zero-order chi connectivity index (χ0) is 23.5. The Morgan fingerprint density at radius 3 is 2.23 bits per heavy atom. The van der Waals surface area contributed by atoms with E-state index in [-0.39, 0.29) is 22.8 Å². The zero-order valence-corrected chi connectivity index (χ0v) is 17.6. The maximum atomic E-state index is 14.6. The lowest BCUT2D eigenvalue weighted by atomic mass is 10.2. The van der Waals surface area contributed by atoms with Crippen LogP contribution in [0.5, 0.6) is 5.75 Å². The van der Waals surface area contributed by atoms with Gasteiger partial charge in [0.2, 0.25) is 0 Å². The molecular weight excluding hydrogens is 415 g/mol. The van der Waals surface area contributed by atoms with Crippen LogP contribution in [0, 0.1) is 38.2 Å². The van der Waals surface area contributed by atoms with Crippen molar-refractivity contribution in [3.8, 4) is 11.4 Å². The molecule has 7 nitrogen and oxygen atoms in total. The Kier molecular flexibility index (Phi) is 7.19. The summed E-state index contributed by atoms with van der Waals surface area (Å²) in [6.45, 7) is 8.50. The molecule has 3 rings (SSSR count). The molecule has 0 radical (unpaired) electrons. The molecular formula is C21H22F3N3O4. The molecule has 0 atom stereocenters. The number of ether oxygens (including phenoxy) is 1. The average molecular weight is 437 g/mol. The molecule has 0 unspecified atom stereocenters. The smallest absolute Gasteiger partial charge is 0.372 e. The molecule has 2 N–H and O–H groups in total. The quantitative estimate of drug-likeness (QED) is 0.609. The van der Waals surface area contributed by atoms with Crippen LogP contribution in [0.25, 0.3) is 5.69 Å². The number of hydrogen-bond donors (Lipinski definition) is 2. The Bertz CT molecular complexity index is 1160. The molecule has 0 aliphatic rings. The van der Waals surface area contributed by atoms with Crippen molar-refractivity contribution in [3.05, 3.63) is 81.0 Å². The molecule has 0 aliphatic heterocycles. The van der Waals surface area contributed by atoms with Gasteiger partial charge in [-0.25, -0.2) is 18.2 Å². The van der Waals surface area contributed by atoms with Crippen molar-refractivity contribution in [1.82, 2.24) is 14.5 Å². The van der Waals surface area contributed by atoms with Gasteiger partial charge in [0, 0.05) is 30.1 Å². The minimum absolute atomic E-state index is 0.00273. The van der Waals surface area contributed by atoms with Gasteiger partial charge in [0.15, 0.2) is 17.3 Å². The van der Waals surface area contributed by atoms with Crippen molar-refractivity contribution in [2.45, 2.75) is 40.6 Å². The number of hydrogen-bond acceptors (Lipinski definition) is 6. The highest BCUT2D eigenvalue weighted by molar-refractivity contribution is 5.44. The minimum atomic E-state index is -3.28. The minimum Gasteiger partial charge on any atom is -0.434 e. The van der Waals surface area contributed by atoms with E-state index in [0.29, 0.717) is 17.8 Å². The van der Waals surface area contributed by atoms with E-state index in [1.807, 2.05) is 13.8 Å². The summed E-state index contributed by atoms with van der Waals surface area (Å²) in [7, 11) is 0. The fraction of sp³-hybridized carbons (Fsp3) is 0.286. The van der Waals surface area contributed by atoms with Gasteiger partial charge in [-0.05, 0) is 26.3 Å². The fourth-order valence-electron chi connectivity index (χ4n) is 2.81. The molecule has 166 valence electrons. The number of aromatic nitrogens is 3. The Hall–Kier alpha value is -3.24. The highest BCUT2D eigenvalue weighted by Gasteiger charge is 2.35. The van der Waals surface area contributed by atoms with Crippen LogP contribution in [-0.4, -0.2) is 24.7 Å². The second-order valence-electron chi connectivity index (χ2n) is 6.39. The third-order valence-corrected chi connectivity index (χ3v) is 4.14. The second-order valence-corrected chi connectivity index (χ2v) is 6.39. The lowest BCUT2D eigenvalue weighted by molar-refractivity contribution is -0.308. The molecule has 0 bridgehead atoms. The van der Waals surface area contributed by atoms with E-state index in [9.17, 15) is 28.2 Å². The predicted molar refractivity (Wildman–Crippen MR) is 106 cm³/mol. The van der Waals surface area contributed by atoms with Gasteiger partial charge < -0.3 is 14.9 Å². The monoisotopic (exact) mass is 437 g/mol. The summed E-state index contributed by atoms with van der Waals surface area (Å²) in [5.74, 6) is -6.68. The van der Waals surface area contributed by atoms with E-state index in [4.69, 9.17) is 4.74 Å². The third-order valence-electron chi connectivity index (χ3n) is 4.14. The van der Waals surface area contributed by atoms with Gasteiger partial charge in [-0.2, -0.15) is 0 Å². The maximum Gasteiger partial charge on any atom is 0.372 e. The summed E-state index contributed by atoms with van der Waals surface area (Å²) in [6, 6.07) is 2.48. The van der Waals surface area contributed by atoms with Crippen LogP contribution in [0.1, 0.15) is 36.5 Å². The van der Waals surface area contributed by atoms with Crippen LogP contribution in [0.2, 0.25) is 0 Å². The topological polar surface area (TPSA) is 97.5 Å². The summed E-state index contributed by atoms with van der Waals surface area (Å²) < 4.78 is 47.3. The van der Waals surface area contributed by atoms with Crippen LogP contribution < -0.4 is 10.3 Å². The van der Waals surface area contributed by atoms with Crippen LogP contribution in [0.15, 0.2) is 35.4 Å². The largest absolute Gasteiger partial charge is 0.434 e. The Labute approximate surface area is 176 Å². The second kappa shape index (κ2) is 9.27. The summed E-state index contributed by atoms with van der Waals surface area (Å²) in [5, 5.41) is 20.1. The van der Waals surface area contributed by atoms with E-state index < -0.39 is 34.7 Å². The van der Waals surface area contributed by atoms with Crippen molar-refractivity contribution >= 4 is 0 Å². The predicted octanol–water partition coefficient (Wildman–Crippen LogP) is 3.17. The van der Waals surface area contributed by atoms with Crippen LogP contribution in [0.4, 0.5) is 13.2 Å². The van der Waals surface area contributed by atoms with Crippen molar-refractivity contribution in [3.63, 3.8) is 0 Å². The molecule has 3 aromatic rings. The number of pyridine rings is 3. The Morgan fingerprint density at radius 1 is 1.00 bits per heavy atom. The van der Waals surface area contributed by atoms with E-state index in [0.717, 1.165) is 10.6 Å². The molecule has 10 heteroatoms. The van der Waals surface area contributed by atoms with Gasteiger partial charge in [0.05, 0.1) is 17.6 Å². The Balaban J connectivity index is 0.00000166. The van der Waals surface area contributed by atoms with Crippen molar-refractivity contribution in [2.75, 3.05) is 0 Å². The highest BCUT2D eigenvalue weighted by Crippen LogP contribution is 2.26. The van der Waals surface area contributed by atoms with E-state index in [1.165, 1.54) is 26.1 Å². The molecule has 3 aromatic heterocycles. The standard InChI is InChI=1S/C19H16F3N3O4.C2H6/c1-9-7-23-11(3)16(22)17(9)25-10(2)4-13(6-15(25)26)29-19(27,28)18-14(21)5-12(20)8-24-18;1-2/h4-8,27-28H,1-3H3;1-2H3. The Morgan fingerprint density at radius 2 is 1.65 bits per heavy atom. The highest BCUT2D eigenvalue weighted by atomic mass is 19.1. The zero-order valence-electron chi connectivity index (χ0n) is 17.6. The van der Waals surface area contributed by atoms with Crippen LogP contribution in [0.3, 0.4) is 0 Å². The van der Waals surface area contributed by atoms with Crippen molar-refractivity contribution in [1.29, 1.82) is 0 Å². The summed E-state index contributed by atoms with van der Waals surface area (Å²) in [6.07, 6.45) is 1.99. The van der Waals surface area contributed by atoms with Gasteiger partial charge in [-0.15, -0.1) is 0 Å². The molecule has 3 heterocycles. The third kappa shape index (κ3) is 4.92. The first-order valence-corrected chi connectivity index (χ1v) is 9.32. The first-order chi connectivity index (χ1) is 14.5. The molecule has 31 heavy (non-hydrogen) atoms. The van der Waals surface area contributed by atoms with Crippen molar-refractivity contribution < 1.29 is 28.1 Å². The van der Waals surface area contributed by atoms with Gasteiger partial charge in [0.1, 0.15) is 11.6 Å². The summed E-state index contributed by atoms with van der Waals surface area (Å²) in [5.41, 5.74) is -1.04. The SMILES string of the molecule is CC.Cc1cnc(C)c(F)c1-n1c(C)cc(OC(O)(O)c2ncc(F)cc2F)cc1=O. The first-order valence-electron chi connectivity index (χ1n) is 9.32. The number of nitrogens with zero attached hydrogens (tertiary/aromatic N) is 3. The van der Waals surface area contributed by atoms with Gasteiger partial charge in [-0.3, -0.25) is 14.3 Å². The lowest BCUT2D eigenvalue weighted by Crippen LogP contribution is -2.35. The van der Waals surface area contributed by atoms with Gasteiger partial charge in [0.25, 0.3) is 5.56 Å². The molecule has 0 saturated carbocycles.